The minimum absolute atomic E-state index is 0.106. The molecule has 8 heteroatoms. The van der Waals surface area contributed by atoms with Crippen molar-refractivity contribution >= 4 is 21.6 Å². The number of ether oxygens (including phenoxy) is 1. The van der Waals surface area contributed by atoms with Crippen molar-refractivity contribution in [2.24, 2.45) is 0 Å². The maximum atomic E-state index is 12.9. The van der Waals surface area contributed by atoms with Gasteiger partial charge >= 0.3 is 0 Å². The number of piperazine rings is 1. The molecule has 156 valence electrons. The van der Waals surface area contributed by atoms with E-state index in [4.69, 9.17) is 4.74 Å². The van der Waals surface area contributed by atoms with Gasteiger partial charge in [-0.05, 0) is 30.3 Å². The van der Waals surface area contributed by atoms with Crippen molar-refractivity contribution in [3.05, 3.63) is 60.2 Å². The lowest BCUT2D eigenvalue weighted by Crippen LogP contribution is -2.48. The van der Waals surface area contributed by atoms with E-state index in [-0.39, 0.29) is 17.4 Å². The third-order valence-corrected chi connectivity index (χ3v) is 6.77. The Bertz CT molecular complexity index is 911. The number of carbonyl (C=O) groups is 1. The Morgan fingerprint density at radius 3 is 2.45 bits per heavy atom. The molecular weight excluding hydrogens is 390 g/mol. The van der Waals surface area contributed by atoms with Crippen LogP contribution in [0, 0.1) is 0 Å². The first-order valence-electron chi connectivity index (χ1n) is 9.73. The normalized spacial score (nSPS) is 15.9. The molecule has 1 saturated heterocycles. The van der Waals surface area contributed by atoms with Crippen LogP contribution in [0.2, 0.25) is 0 Å². The molecule has 0 unspecified atom stereocenters. The van der Waals surface area contributed by atoms with E-state index in [1.807, 2.05) is 30.3 Å². The van der Waals surface area contributed by atoms with Gasteiger partial charge in [0.05, 0.1) is 11.5 Å². The van der Waals surface area contributed by atoms with Crippen molar-refractivity contribution < 1.29 is 17.9 Å². The van der Waals surface area contributed by atoms with E-state index in [2.05, 4.69) is 17.1 Å². The second-order valence-corrected chi connectivity index (χ2v) is 8.83. The minimum Gasteiger partial charge on any atom is -0.367 e. The Balaban J connectivity index is 1.56. The molecule has 2 aromatic carbocycles. The number of hydrogen-bond donors (Lipinski definition) is 1. The first-order valence-corrected chi connectivity index (χ1v) is 11.2. The molecule has 0 radical (unpaired) electrons. The molecule has 1 aliphatic heterocycles. The van der Waals surface area contributed by atoms with Gasteiger partial charge in [-0.15, -0.1) is 0 Å². The van der Waals surface area contributed by atoms with E-state index in [9.17, 15) is 13.2 Å². The number of anilines is 1. The zero-order valence-electron chi connectivity index (χ0n) is 16.6. The molecule has 3 rings (SSSR count). The lowest BCUT2D eigenvalue weighted by molar-refractivity contribution is -0.121. The standard InChI is InChI=1S/C21H27N3O4S/c1-2-23-11-13-24(14-12-23)29(26,27)20-10-6-9-19(15-20)22-21(25)17-28-16-18-7-4-3-5-8-18/h3-10,15H,2,11-14,16-17H2,1H3,(H,22,25). The first kappa shape index (κ1) is 21.4. The summed E-state index contributed by atoms with van der Waals surface area (Å²) >= 11 is 0. The molecule has 7 nitrogen and oxygen atoms in total. The third-order valence-electron chi connectivity index (χ3n) is 4.88. The van der Waals surface area contributed by atoms with Gasteiger partial charge in [-0.1, -0.05) is 43.3 Å². The van der Waals surface area contributed by atoms with Crippen LogP contribution in [0.1, 0.15) is 12.5 Å². The van der Waals surface area contributed by atoms with Crippen LogP contribution in [0.5, 0.6) is 0 Å². The molecule has 1 amide bonds. The number of nitrogens with one attached hydrogen (secondary N) is 1. The first-order chi connectivity index (χ1) is 14.0. The molecule has 2 aromatic rings. The zero-order valence-corrected chi connectivity index (χ0v) is 17.4. The van der Waals surface area contributed by atoms with Crippen molar-refractivity contribution in [2.45, 2.75) is 18.4 Å². The van der Waals surface area contributed by atoms with E-state index in [1.54, 1.807) is 18.2 Å². The summed E-state index contributed by atoms with van der Waals surface area (Å²) in [5.41, 5.74) is 1.42. The number of likely N-dealkylation sites (N-methyl/N-ethyl adjacent to an activating group) is 1. The maximum Gasteiger partial charge on any atom is 0.250 e. The minimum atomic E-state index is -3.58. The Labute approximate surface area is 172 Å². The van der Waals surface area contributed by atoms with Crippen molar-refractivity contribution in [3.63, 3.8) is 0 Å². The number of hydrogen-bond acceptors (Lipinski definition) is 5. The van der Waals surface area contributed by atoms with Gasteiger partial charge in [-0.3, -0.25) is 4.79 Å². The Hall–Kier alpha value is -2.26. The monoisotopic (exact) mass is 417 g/mol. The highest BCUT2D eigenvalue weighted by molar-refractivity contribution is 7.89. The van der Waals surface area contributed by atoms with Gasteiger partial charge in [0.1, 0.15) is 6.61 Å². The van der Waals surface area contributed by atoms with Gasteiger partial charge in [-0.2, -0.15) is 4.31 Å². The van der Waals surface area contributed by atoms with E-state index in [0.717, 1.165) is 25.2 Å². The summed E-state index contributed by atoms with van der Waals surface area (Å²) < 4.78 is 32.8. The smallest absolute Gasteiger partial charge is 0.250 e. The summed E-state index contributed by atoms with van der Waals surface area (Å²) in [4.78, 5) is 14.5. The molecule has 1 heterocycles. The lowest BCUT2D eigenvalue weighted by Gasteiger charge is -2.33. The van der Waals surface area contributed by atoms with Crippen LogP contribution < -0.4 is 5.32 Å². The van der Waals surface area contributed by atoms with Gasteiger partial charge in [0.15, 0.2) is 0 Å². The van der Waals surface area contributed by atoms with Crippen LogP contribution in [0.25, 0.3) is 0 Å². The van der Waals surface area contributed by atoms with Gasteiger partial charge in [0.25, 0.3) is 0 Å². The van der Waals surface area contributed by atoms with Gasteiger partial charge < -0.3 is 15.0 Å². The summed E-state index contributed by atoms with van der Waals surface area (Å²) in [5, 5.41) is 2.70. The van der Waals surface area contributed by atoms with Crippen LogP contribution in [-0.2, 0) is 26.2 Å². The van der Waals surface area contributed by atoms with E-state index < -0.39 is 10.0 Å². The van der Waals surface area contributed by atoms with Crippen LogP contribution in [0.3, 0.4) is 0 Å². The number of amides is 1. The summed E-state index contributed by atoms with van der Waals surface area (Å²) in [5.74, 6) is -0.327. The highest BCUT2D eigenvalue weighted by Crippen LogP contribution is 2.21. The third kappa shape index (κ3) is 5.86. The molecule has 0 aromatic heterocycles. The number of carbonyl (C=O) groups excluding carboxylic acids is 1. The summed E-state index contributed by atoms with van der Waals surface area (Å²) in [7, 11) is -3.58. The second kappa shape index (κ2) is 9.98. The molecule has 29 heavy (non-hydrogen) atoms. The summed E-state index contributed by atoms with van der Waals surface area (Å²) in [6.45, 7) is 5.62. The van der Waals surface area contributed by atoms with Crippen LogP contribution in [0.4, 0.5) is 5.69 Å². The fraction of sp³-hybridized carbons (Fsp3) is 0.381. The molecular formula is C21H27N3O4S. The quantitative estimate of drug-likeness (QED) is 0.712. The Kier molecular flexibility index (Phi) is 7.38. The maximum absolute atomic E-state index is 12.9. The van der Waals surface area contributed by atoms with E-state index in [0.29, 0.717) is 25.4 Å². The summed E-state index contributed by atoms with van der Waals surface area (Å²) in [6, 6.07) is 15.9. The second-order valence-electron chi connectivity index (χ2n) is 6.89. The number of nitrogens with zero attached hydrogens (tertiary/aromatic N) is 2. The Morgan fingerprint density at radius 1 is 1.03 bits per heavy atom. The molecule has 1 aliphatic rings. The van der Waals surface area contributed by atoms with Gasteiger partial charge in [0, 0.05) is 31.9 Å². The van der Waals surface area contributed by atoms with Crippen LogP contribution in [0.15, 0.2) is 59.5 Å². The molecule has 0 bridgehead atoms. The molecule has 0 atom stereocenters. The fourth-order valence-electron chi connectivity index (χ4n) is 3.20. The number of rotatable bonds is 8. The predicted octanol–water partition coefficient (Wildman–Crippen LogP) is 2.17. The molecule has 1 N–H and O–H groups in total. The number of benzene rings is 2. The SMILES string of the molecule is CCN1CCN(S(=O)(=O)c2cccc(NC(=O)COCc3ccccc3)c2)CC1. The predicted molar refractivity (Wildman–Crippen MR) is 112 cm³/mol. The zero-order chi connectivity index (χ0) is 20.7. The van der Waals surface area contributed by atoms with Crippen LogP contribution in [-0.4, -0.2) is 62.9 Å². The van der Waals surface area contributed by atoms with Crippen molar-refractivity contribution in [1.29, 1.82) is 0 Å². The van der Waals surface area contributed by atoms with Crippen molar-refractivity contribution in [1.82, 2.24) is 9.21 Å². The highest BCUT2D eigenvalue weighted by Gasteiger charge is 2.28. The molecule has 0 spiro atoms. The van der Waals surface area contributed by atoms with E-state index in [1.165, 1.54) is 10.4 Å². The molecule has 0 aliphatic carbocycles. The lowest BCUT2D eigenvalue weighted by atomic mass is 10.2. The van der Waals surface area contributed by atoms with Crippen molar-refractivity contribution in [2.75, 3.05) is 44.6 Å². The topological polar surface area (TPSA) is 79.0 Å². The fourth-order valence-corrected chi connectivity index (χ4v) is 4.67. The molecule has 0 saturated carbocycles. The summed E-state index contributed by atoms with van der Waals surface area (Å²) in [6.07, 6.45) is 0. The highest BCUT2D eigenvalue weighted by atomic mass is 32.2. The average molecular weight is 418 g/mol. The average Bonchev–Trinajstić information content (AvgIpc) is 2.75. The van der Waals surface area contributed by atoms with E-state index >= 15 is 0 Å². The van der Waals surface area contributed by atoms with Crippen molar-refractivity contribution in [3.8, 4) is 0 Å². The van der Waals surface area contributed by atoms with Gasteiger partial charge in [0.2, 0.25) is 15.9 Å². The Morgan fingerprint density at radius 2 is 1.76 bits per heavy atom. The van der Waals surface area contributed by atoms with Gasteiger partial charge in [-0.25, -0.2) is 8.42 Å². The number of sulfonamides is 1. The van der Waals surface area contributed by atoms with Crippen LogP contribution >= 0.6 is 0 Å². The molecule has 1 fully saturated rings. The largest absolute Gasteiger partial charge is 0.367 e.